The van der Waals surface area contributed by atoms with Gasteiger partial charge in [-0.3, -0.25) is 9.59 Å². The van der Waals surface area contributed by atoms with E-state index < -0.39 is 11.9 Å². The minimum atomic E-state index is -0.445. The monoisotopic (exact) mass is 426 g/mol. The Kier molecular flexibility index (Phi) is 5.63. The molecule has 1 amide bonds. The third kappa shape index (κ3) is 3.97. The second-order valence-corrected chi connectivity index (χ2v) is 8.59. The molecule has 0 fully saturated rings. The van der Waals surface area contributed by atoms with E-state index in [0.29, 0.717) is 21.5 Å². The fourth-order valence-corrected chi connectivity index (χ4v) is 4.87. The predicted molar refractivity (Wildman–Crippen MR) is 114 cm³/mol. The minimum absolute atomic E-state index is 0.258. The number of thiophene rings is 1. The van der Waals surface area contributed by atoms with Gasteiger partial charge in [-0.1, -0.05) is 17.3 Å². The van der Waals surface area contributed by atoms with Crippen molar-refractivity contribution in [2.75, 3.05) is 5.32 Å². The van der Waals surface area contributed by atoms with Gasteiger partial charge >= 0.3 is 5.97 Å². The first kappa shape index (κ1) is 20.2. The van der Waals surface area contributed by atoms with Crippen LogP contribution in [0.5, 0.6) is 0 Å². The molecule has 1 aliphatic rings. The van der Waals surface area contributed by atoms with Gasteiger partial charge in [0.1, 0.15) is 17.1 Å². The van der Waals surface area contributed by atoms with Crippen LogP contribution in [0.15, 0.2) is 29.1 Å². The van der Waals surface area contributed by atoms with Gasteiger partial charge in [-0.05, 0) is 57.2 Å². The topological polar surface area (TPSA) is 103 Å². The van der Waals surface area contributed by atoms with Crippen LogP contribution in [-0.2, 0) is 28.9 Å². The quantitative estimate of drug-likeness (QED) is 0.629. The summed E-state index contributed by atoms with van der Waals surface area (Å²) in [4.78, 5) is 39.1. The van der Waals surface area contributed by atoms with E-state index in [2.05, 4.69) is 15.6 Å². The Hall–Kier alpha value is -3.07. The standard InChI is InChI=1S/C21H22N4O4S/c1-12(2)29-21(28)18-14-8-4-6-10-16(14)30-19(18)22-17(26)11-25-20(27)13-7-3-5-9-15(13)23-24-25/h3,5,7,9,12H,4,6,8,10-11H2,1-2H3,(H,22,26). The molecule has 4 rings (SSSR count). The molecule has 0 radical (unpaired) electrons. The molecular weight excluding hydrogens is 404 g/mol. The number of hydrogen-bond donors (Lipinski definition) is 1. The molecule has 1 aromatic carbocycles. The van der Waals surface area contributed by atoms with Crippen LogP contribution < -0.4 is 10.9 Å². The number of carbonyl (C=O) groups excluding carboxylic acids is 2. The Bertz CT molecular complexity index is 1180. The highest BCUT2D eigenvalue weighted by molar-refractivity contribution is 7.17. The average Bonchev–Trinajstić information content (AvgIpc) is 3.07. The van der Waals surface area contributed by atoms with Gasteiger partial charge in [0.2, 0.25) is 5.91 Å². The van der Waals surface area contributed by atoms with E-state index in [-0.39, 0.29) is 18.2 Å². The van der Waals surface area contributed by atoms with Crippen LogP contribution in [0.2, 0.25) is 0 Å². The van der Waals surface area contributed by atoms with Crippen molar-refractivity contribution < 1.29 is 14.3 Å². The van der Waals surface area contributed by atoms with Crippen LogP contribution >= 0.6 is 11.3 Å². The maximum absolute atomic E-state index is 12.7. The zero-order valence-electron chi connectivity index (χ0n) is 16.8. The first-order valence-corrected chi connectivity index (χ1v) is 10.7. The Morgan fingerprint density at radius 2 is 2.00 bits per heavy atom. The van der Waals surface area contributed by atoms with E-state index in [4.69, 9.17) is 4.74 Å². The summed E-state index contributed by atoms with van der Waals surface area (Å²) in [7, 11) is 0. The minimum Gasteiger partial charge on any atom is -0.459 e. The first-order chi connectivity index (χ1) is 14.4. The van der Waals surface area contributed by atoms with Crippen molar-refractivity contribution in [2.24, 2.45) is 0 Å². The van der Waals surface area contributed by atoms with Crippen molar-refractivity contribution in [1.29, 1.82) is 0 Å². The lowest BCUT2D eigenvalue weighted by Crippen LogP contribution is -2.30. The Morgan fingerprint density at radius 1 is 1.23 bits per heavy atom. The summed E-state index contributed by atoms with van der Waals surface area (Å²) < 4.78 is 6.43. The summed E-state index contributed by atoms with van der Waals surface area (Å²) in [6.07, 6.45) is 3.47. The number of esters is 1. The maximum Gasteiger partial charge on any atom is 0.341 e. The molecule has 8 nitrogen and oxygen atoms in total. The highest BCUT2D eigenvalue weighted by atomic mass is 32.1. The van der Waals surface area contributed by atoms with E-state index in [0.717, 1.165) is 40.8 Å². The highest BCUT2D eigenvalue weighted by Crippen LogP contribution is 2.38. The molecule has 0 unspecified atom stereocenters. The maximum atomic E-state index is 12.7. The highest BCUT2D eigenvalue weighted by Gasteiger charge is 2.28. The van der Waals surface area contributed by atoms with Gasteiger partial charge in [-0.15, -0.1) is 16.4 Å². The summed E-state index contributed by atoms with van der Waals surface area (Å²) in [5.74, 6) is -0.874. The van der Waals surface area contributed by atoms with Gasteiger partial charge in [0.05, 0.1) is 17.1 Å². The lowest BCUT2D eigenvalue weighted by Gasteiger charge is -2.14. The third-order valence-corrected chi connectivity index (χ3v) is 6.10. The van der Waals surface area contributed by atoms with Crippen molar-refractivity contribution in [3.8, 4) is 0 Å². The normalized spacial score (nSPS) is 13.3. The molecule has 9 heteroatoms. The van der Waals surface area contributed by atoms with E-state index in [1.54, 1.807) is 38.1 Å². The summed E-state index contributed by atoms with van der Waals surface area (Å²) in [6.45, 7) is 3.29. The number of hydrogen-bond acceptors (Lipinski definition) is 7. The molecule has 3 aromatic rings. The number of ether oxygens (including phenoxy) is 1. The molecule has 2 heterocycles. The molecule has 0 bridgehead atoms. The van der Waals surface area contributed by atoms with Crippen LogP contribution in [0, 0.1) is 0 Å². The molecular formula is C21H22N4O4S. The summed E-state index contributed by atoms with van der Waals surface area (Å²) in [6, 6.07) is 6.84. The largest absolute Gasteiger partial charge is 0.459 e. The van der Waals surface area contributed by atoms with Crippen molar-refractivity contribution >= 4 is 39.1 Å². The number of aromatic nitrogens is 3. The van der Waals surface area contributed by atoms with E-state index in [9.17, 15) is 14.4 Å². The smallest absolute Gasteiger partial charge is 0.341 e. The van der Waals surface area contributed by atoms with Gasteiger partial charge in [0.15, 0.2) is 0 Å². The zero-order chi connectivity index (χ0) is 21.3. The fourth-order valence-electron chi connectivity index (χ4n) is 3.57. The summed E-state index contributed by atoms with van der Waals surface area (Å²) >= 11 is 1.41. The first-order valence-electron chi connectivity index (χ1n) is 9.92. The van der Waals surface area contributed by atoms with E-state index >= 15 is 0 Å². The van der Waals surface area contributed by atoms with Gasteiger partial charge < -0.3 is 10.1 Å². The molecule has 0 saturated heterocycles. The number of fused-ring (bicyclic) bond motifs is 2. The van der Waals surface area contributed by atoms with Gasteiger partial charge in [0, 0.05) is 4.88 Å². The van der Waals surface area contributed by atoms with E-state index in [1.165, 1.54) is 11.3 Å². The Balaban J connectivity index is 1.60. The van der Waals surface area contributed by atoms with Crippen molar-refractivity contribution in [3.05, 3.63) is 50.6 Å². The summed E-state index contributed by atoms with van der Waals surface area (Å²) in [5, 5.41) is 11.5. The van der Waals surface area contributed by atoms with Crippen molar-refractivity contribution in [3.63, 3.8) is 0 Å². The number of rotatable bonds is 5. The fraction of sp³-hybridized carbons (Fsp3) is 0.381. The second-order valence-electron chi connectivity index (χ2n) is 7.49. The van der Waals surface area contributed by atoms with E-state index in [1.807, 2.05) is 0 Å². The number of aryl methyl sites for hydroxylation is 1. The SMILES string of the molecule is CC(C)OC(=O)c1c(NC(=O)Cn2nnc3ccccc3c2=O)sc2c1CCCC2. The number of benzene rings is 1. The molecule has 30 heavy (non-hydrogen) atoms. The van der Waals surface area contributed by atoms with Gasteiger partial charge in [-0.2, -0.15) is 0 Å². The number of nitrogens with one attached hydrogen (secondary N) is 1. The van der Waals surface area contributed by atoms with Gasteiger partial charge in [0.25, 0.3) is 5.56 Å². The lowest BCUT2D eigenvalue weighted by molar-refractivity contribution is -0.117. The number of amides is 1. The number of nitrogens with zero attached hydrogens (tertiary/aromatic N) is 3. The lowest BCUT2D eigenvalue weighted by atomic mass is 9.95. The molecule has 1 N–H and O–H groups in total. The molecule has 2 aromatic heterocycles. The van der Waals surface area contributed by atoms with Gasteiger partial charge in [-0.25, -0.2) is 9.48 Å². The van der Waals surface area contributed by atoms with Crippen LogP contribution in [-0.4, -0.2) is 33.0 Å². The van der Waals surface area contributed by atoms with Crippen LogP contribution in [0.4, 0.5) is 5.00 Å². The molecule has 0 saturated carbocycles. The second kappa shape index (κ2) is 8.35. The van der Waals surface area contributed by atoms with Crippen LogP contribution in [0.3, 0.4) is 0 Å². The van der Waals surface area contributed by atoms with Crippen molar-refractivity contribution in [2.45, 2.75) is 52.2 Å². The Morgan fingerprint density at radius 3 is 2.80 bits per heavy atom. The number of anilines is 1. The van der Waals surface area contributed by atoms with Crippen molar-refractivity contribution in [1.82, 2.24) is 15.0 Å². The Labute approximate surface area is 176 Å². The average molecular weight is 426 g/mol. The molecule has 1 aliphatic carbocycles. The molecule has 0 aliphatic heterocycles. The molecule has 156 valence electrons. The zero-order valence-corrected chi connectivity index (χ0v) is 17.6. The molecule has 0 atom stereocenters. The third-order valence-electron chi connectivity index (χ3n) is 4.89. The summed E-state index contributed by atoms with van der Waals surface area (Å²) in [5.41, 5.74) is 1.49. The van der Waals surface area contributed by atoms with Crippen LogP contribution in [0.25, 0.3) is 10.9 Å². The molecule has 0 spiro atoms. The number of carbonyl (C=O) groups is 2. The van der Waals surface area contributed by atoms with Crippen LogP contribution in [0.1, 0.15) is 47.5 Å². The predicted octanol–water partition coefficient (Wildman–Crippen LogP) is 2.94.